The molecule has 9 nitrogen and oxygen atoms in total. The molecular weight excluding hydrogens is 421 g/mol. The summed E-state index contributed by atoms with van der Waals surface area (Å²) < 4.78 is 47.2. The van der Waals surface area contributed by atoms with E-state index >= 15 is 0 Å². The van der Waals surface area contributed by atoms with Gasteiger partial charge in [0.05, 0.1) is 19.3 Å². The molecule has 2 aliphatic rings. The van der Waals surface area contributed by atoms with Gasteiger partial charge in [0.2, 0.25) is 5.43 Å². The largest absolute Gasteiger partial charge is 0.491 e. The van der Waals surface area contributed by atoms with Gasteiger partial charge in [-0.3, -0.25) is 19.4 Å². The van der Waals surface area contributed by atoms with E-state index in [0.717, 1.165) is 7.11 Å². The Labute approximate surface area is 173 Å². The molecule has 3 heterocycles. The molecule has 2 amide bonds. The molecule has 2 aromatic rings. The van der Waals surface area contributed by atoms with E-state index in [1.165, 1.54) is 16.6 Å². The molecule has 1 aromatic heterocycles. The Kier molecular flexibility index (Phi) is 4.88. The quantitative estimate of drug-likeness (QED) is 0.709. The average Bonchev–Trinajstić information content (AvgIpc) is 3.00. The van der Waals surface area contributed by atoms with Crippen molar-refractivity contribution in [2.45, 2.75) is 12.6 Å². The van der Waals surface area contributed by atoms with Crippen LogP contribution in [0.3, 0.4) is 0 Å². The fourth-order valence-electron chi connectivity index (χ4n) is 3.83. The van der Waals surface area contributed by atoms with Crippen LogP contribution in [0.4, 0.5) is 13.2 Å². The maximum absolute atomic E-state index is 13.9. The molecule has 2 aliphatic heterocycles. The lowest BCUT2D eigenvalue weighted by molar-refractivity contribution is 0.0735. The van der Waals surface area contributed by atoms with E-state index in [1.807, 2.05) is 0 Å². The van der Waals surface area contributed by atoms with E-state index in [2.05, 4.69) is 5.32 Å². The highest BCUT2D eigenvalue weighted by Crippen LogP contribution is 2.33. The average molecular weight is 438 g/mol. The van der Waals surface area contributed by atoms with Crippen LogP contribution in [0, 0.1) is 17.5 Å². The summed E-state index contributed by atoms with van der Waals surface area (Å²) in [5.74, 6) is -5.51. The Bertz CT molecular complexity index is 1160. The van der Waals surface area contributed by atoms with Crippen molar-refractivity contribution in [3.8, 4) is 5.75 Å². The Morgan fingerprint density at radius 1 is 1.26 bits per heavy atom. The van der Waals surface area contributed by atoms with E-state index in [4.69, 9.17) is 4.74 Å². The Hall–Kier alpha value is -3.54. The van der Waals surface area contributed by atoms with Crippen molar-refractivity contribution in [3.05, 3.63) is 62.3 Å². The van der Waals surface area contributed by atoms with Crippen LogP contribution in [-0.2, 0) is 6.54 Å². The van der Waals surface area contributed by atoms with Gasteiger partial charge in [-0.25, -0.2) is 17.8 Å². The minimum Gasteiger partial charge on any atom is -0.491 e. The fraction of sp³-hybridized carbons (Fsp3) is 0.316. The number of pyridine rings is 1. The van der Waals surface area contributed by atoms with Gasteiger partial charge in [0, 0.05) is 31.3 Å². The lowest BCUT2D eigenvalue weighted by Gasteiger charge is -2.35. The summed E-state index contributed by atoms with van der Waals surface area (Å²) in [5.41, 5.74) is -2.34. The molecular formula is C19H17F3N4O5. The number of benzene rings is 1. The SMILES string of the molecule is COc1c2n3c(c(C(=O)NCc4c(F)cc(F)cc4F)c1=O)C(O)CN3CN(C)C2=O. The Morgan fingerprint density at radius 3 is 2.52 bits per heavy atom. The van der Waals surface area contributed by atoms with Gasteiger partial charge in [-0.1, -0.05) is 0 Å². The first-order valence-electron chi connectivity index (χ1n) is 9.13. The van der Waals surface area contributed by atoms with Gasteiger partial charge in [-0.05, 0) is 0 Å². The summed E-state index contributed by atoms with van der Waals surface area (Å²) >= 11 is 0. The normalized spacial score (nSPS) is 17.1. The number of amides is 2. The first-order valence-corrected chi connectivity index (χ1v) is 9.13. The Balaban J connectivity index is 1.79. The van der Waals surface area contributed by atoms with Crippen LogP contribution in [0.15, 0.2) is 16.9 Å². The topological polar surface area (TPSA) is 104 Å². The molecule has 1 atom stereocenters. The van der Waals surface area contributed by atoms with Crippen molar-refractivity contribution in [2.24, 2.45) is 0 Å². The van der Waals surface area contributed by atoms with Gasteiger partial charge in [-0.2, -0.15) is 0 Å². The van der Waals surface area contributed by atoms with Gasteiger partial charge in [0.1, 0.15) is 35.8 Å². The smallest absolute Gasteiger partial charge is 0.277 e. The van der Waals surface area contributed by atoms with Crippen LogP contribution in [0.25, 0.3) is 0 Å². The number of carbonyl (C=O) groups excluding carboxylic acids is 2. The zero-order valence-corrected chi connectivity index (χ0v) is 16.4. The number of methoxy groups -OCH3 is 1. The molecule has 0 radical (unpaired) electrons. The highest BCUT2D eigenvalue weighted by molar-refractivity contribution is 6.00. The molecule has 2 N–H and O–H groups in total. The minimum atomic E-state index is -1.28. The third-order valence-corrected chi connectivity index (χ3v) is 5.21. The summed E-state index contributed by atoms with van der Waals surface area (Å²) in [6, 6.07) is 0.926. The first-order chi connectivity index (χ1) is 14.6. The third kappa shape index (κ3) is 3.10. The molecule has 31 heavy (non-hydrogen) atoms. The van der Waals surface area contributed by atoms with Gasteiger partial charge >= 0.3 is 0 Å². The number of hydrogen-bond acceptors (Lipinski definition) is 6. The zero-order chi connectivity index (χ0) is 22.6. The summed E-state index contributed by atoms with van der Waals surface area (Å²) in [5, 5.41) is 14.3. The molecule has 0 aliphatic carbocycles. The van der Waals surface area contributed by atoms with E-state index in [1.54, 1.807) is 5.01 Å². The van der Waals surface area contributed by atoms with E-state index in [0.29, 0.717) is 12.1 Å². The minimum absolute atomic E-state index is 0.00126. The highest BCUT2D eigenvalue weighted by Gasteiger charge is 2.43. The number of ether oxygens (including phenoxy) is 1. The maximum Gasteiger partial charge on any atom is 0.277 e. The molecule has 0 bridgehead atoms. The lowest BCUT2D eigenvalue weighted by Crippen LogP contribution is -2.51. The van der Waals surface area contributed by atoms with Crippen molar-refractivity contribution in [2.75, 3.05) is 32.4 Å². The molecule has 0 fully saturated rings. The number of nitrogens with zero attached hydrogens (tertiary/aromatic N) is 3. The van der Waals surface area contributed by atoms with Crippen LogP contribution in [-0.4, -0.2) is 53.9 Å². The third-order valence-electron chi connectivity index (χ3n) is 5.21. The van der Waals surface area contributed by atoms with Crippen molar-refractivity contribution >= 4 is 11.8 Å². The number of aromatic nitrogens is 1. The van der Waals surface area contributed by atoms with Gasteiger partial charge in [0.15, 0.2) is 11.4 Å². The molecule has 0 saturated heterocycles. The summed E-state index contributed by atoms with van der Waals surface area (Å²) in [6.45, 7) is -0.588. The van der Waals surface area contributed by atoms with Gasteiger partial charge in [-0.15, -0.1) is 0 Å². The number of hydrogen-bond donors (Lipinski definition) is 2. The predicted octanol–water partition coefficient (Wildman–Crippen LogP) is 0.232. The van der Waals surface area contributed by atoms with Crippen LogP contribution in [0.5, 0.6) is 5.75 Å². The number of rotatable bonds is 4. The van der Waals surface area contributed by atoms with Gasteiger partial charge < -0.3 is 20.1 Å². The molecule has 12 heteroatoms. The highest BCUT2D eigenvalue weighted by atomic mass is 19.1. The number of aliphatic hydroxyl groups excluding tert-OH is 1. The van der Waals surface area contributed by atoms with Crippen molar-refractivity contribution in [1.29, 1.82) is 0 Å². The number of nitrogens with one attached hydrogen (secondary N) is 1. The molecule has 0 saturated carbocycles. The molecule has 0 spiro atoms. The standard InChI is InChI=1S/C19H17F3N4O5/c1-24-7-25-6-12(27)14-13(16(28)17(31-2)15(19(24)30)26(14)25)18(29)23-5-9-10(21)3-8(20)4-11(9)22/h3-4,12,27H,5-7H2,1-2H3,(H,23,29). The fourth-order valence-corrected chi connectivity index (χ4v) is 3.83. The van der Waals surface area contributed by atoms with E-state index in [9.17, 15) is 32.7 Å². The second-order valence-electron chi connectivity index (χ2n) is 7.16. The van der Waals surface area contributed by atoms with Crippen LogP contribution in [0.1, 0.15) is 38.2 Å². The zero-order valence-electron chi connectivity index (χ0n) is 16.4. The Morgan fingerprint density at radius 2 is 1.90 bits per heavy atom. The maximum atomic E-state index is 13.9. The predicted molar refractivity (Wildman–Crippen MR) is 99.7 cm³/mol. The summed E-state index contributed by atoms with van der Waals surface area (Å²) in [4.78, 5) is 39.8. The monoisotopic (exact) mass is 438 g/mol. The second-order valence-corrected chi connectivity index (χ2v) is 7.16. The molecule has 164 valence electrons. The number of halogens is 3. The van der Waals surface area contributed by atoms with Crippen LogP contribution in [0.2, 0.25) is 0 Å². The lowest BCUT2D eigenvalue weighted by atomic mass is 10.1. The number of carbonyl (C=O) groups is 2. The summed E-state index contributed by atoms with van der Waals surface area (Å²) in [6.07, 6.45) is -1.28. The van der Waals surface area contributed by atoms with E-state index < -0.39 is 64.2 Å². The van der Waals surface area contributed by atoms with Crippen molar-refractivity contribution in [3.63, 3.8) is 0 Å². The van der Waals surface area contributed by atoms with Crippen molar-refractivity contribution < 1.29 is 32.6 Å². The summed E-state index contributed by atoms with van der Waals surface area (Å²) in [7, 11) is 2.66. The second kappa shape index (κ2) is 7.30. The molecule has 4 rings (SSSR count). The van der Waals surface area contributed by atoms with Crippen LogP contribution >= 0.6 is 0 Å². The number of aliphatic hydroxyl groups is 1. The molecule has 1 aromatic carbocycles. The molecule has 1 unspecified atom stereocenters. The first kappa shape index (κ1) is 20.7. The van der Waals surface area contributed by atoms with Crippen molar-refractivity contribution in [1.82, 2.24) is 14.9 Å². The van der Waals surface area contributed by atoms with E-state index in [-0.39, 0.29) is 24.6 Å². The van der Waals surface area contributed by atoms with Crippen LogP contribution < -0.4 is 20.5 Å². The van der Waals surface area contributed by atoms with Gasteiger partial charge in [0.25, 0.3) is 11.8 Å².